The van der Waals surface area contributed by atoms with E-state index in [1.165, 1.54) is 10.9 Å². The van der Waals surface area contributed by atoms with Gasteiger partial charge < -0.3 is 9.32 Å². The number of hydrogen-bond donors (Lipinski definition) is 1. The Bertz CT molecular complexity index is 1140. The second kappa shape index (κ2) is 7.90. The number of alkyl halides is 3. The molecule has 4 rings (SSSR count). The maximum absolute atomic E-state index is 13.6. The van der Waals surface area contributed by atoms with E-state index < -0.39 is 17.4 Å². The third-order valence-corrected chi connectivity index (χ3v) is 5.98. The van der Waals surface area contributed by atoms with Crippen molar-refractivity contribution in [3.63, 3.8) is 0 Å². The van der Waals surface area contributed by atoms with E-state index in [-0.39, 0.29) is 34.7 Å². The number of rotatable bonds is 4. The molecule has 0 bridgehead atoms. The number of furan rings is 1. The summed E-state index contributed by atoms with van der Waals surface area (Å²) in [5.74, 6) is -0.313. The highest BCUT2D eigenvalue weighted by atomic mass is 19.4. The summed E-state index contributed by atoms with van der Waals surface area (Å²) in [4.78, 5) is 30.6. The number of carbonyl (C=O) groups is 1. The summed E-state index contributed by atoms with van der Waals surface area (Å²) in [6.45, 7) is 4.42. The fraction of sp³-hybridized carbons (Fsp3) is 0.476. The van der Waals surface area contributed by atoms with Crippen LogP contribution in [-0.2, 0) is 6.18 Å². The van der Waals surface area contributed by atoms with Gasteiger partial charge in [-0.15, -0.1) is 0 Å². The zero-order valence-electron chi connectivity index (χ0n) is 17.2. The Kier molecular flexibility index (Phi) is 5.40. The number of piperidine rings is 1. The number of nitrogens with zero attached hydrogens (tertiary/aromatic N) is 3. The van der Waals surface area contributed by atoms with E-state index in [0.29, 0.717) is 37.9 Å². The molecule has 31 heavy (non-hydrogen) atoms. The Morgan fingerprint density at radius 1 is 1.35 bits per heavy atom. The van der Waals surface area contributed by atoms with Crippen LogP contribution in [0.3, 0.4) is 0 Å². The van der Waals surface area contributed by atoms with Crippen molar-refractivity contribution in [1.82, 2.24) is 19.7 Å². The highest BCUT2D eigenvalue weighted by Crippen LogP contribution is 2.37. The first-order chi connectivity index (χ1) is 14.7. The van der Waals surface area contributed by atoms with Crippen molar-refractivity contribution in [2.24, 2.45) is 0 Å². The summed E-state index contributed by atoms with van der Waals surface area (Å²) < 4.78 is 47.3. The lowest BCUT2D eigenvalue weighted by molar-refractivity contribution is -0.141. The van der Waals surface area contributed by atoms with Crippen LogP contribution >= 0.6 is 0 Å². The van der Waals surface area contributed by atoms with Gasteiger partial charge in [-0.3, -0.25) is 19.4 Å². The van der Waals surface area contributed by atoms with Gasteiger partial charge in [-0.25, -0.2) is 4.98 Å². The van der Waals surface area contributed by atoms with Crippen LogP contribution in [0.25, 0.3) is 11.0 Å². The molecule has 0 saturated carbocycles. The second-order valence-electron chi connectivity index (χ2n) is 7.91. The molecule has 1 aliphatic rings. The van der Waals surface area contributed by atoms with E-state index in [1.807, 2.05) is 13.8 Å². The van der Waals surface area contributed by atoms with Crippen LogP contribution in [0.5, 0.6) is 0 Å². The number of carbonyl (C=O) groups excluding carboxylic acids is 1. The summed E-state index contributed by atoms with van der Waals surface area (Å²) in [6, 6.07) is 3.99. The highest BCUT2D eigenvalue weighted by Gasteiger charge is 2.36. The van der Waals surface area contributed by atoms with Gasteiger partial charge in [-0.2, -0.15) is 13.2 Å². The van der Waals surface area contributed by atoms with Crippen LogP contribution in [0, 0.1) is 0 Å². The third-order valence-electron chi connectivity index (χ3n) is 5.98. The summed E-state index contributed by atoms with van der Waals surface area (Å²) in [5.41, 5.74) is -1.09. The summed E-state index contributed by atoms with van der Waals surface area (Å²) in [7, 11) is 0. The molecule has 1 N–H and O–H groups in total. The predicted octanol–water partition coefficient (Wildman–Crippen LogP) is 4.33. The molecule has 1 unspecified atom stereocenters. The van der Waals surface area contributed by atoms with Gasteiger partial charge in [0.15, 0.2) is 11.4 Å². The monoisotopic (exact) mass is 436 g/mol. The molecular weight excluding hydrogens is 413 g/mol. The van der Waals surface area contributed by atoms with Crippen molar-refractivity contribution in [3.05, 3.63) is 51.8 Å². The Morgan fingerprint density at radius 3 is 2.65 bits per heavy atom. The average Bonchev–Trinajstić information content (AvgIpc) is 3.40. The van der Waals surface area contributed by atoms with Gasteiger partial charge in [0.2, 0.25) is 0 Å². The number of aromatic amines is 1. The highest BCUT2D eigenvalue weighted by molar-refractivity contribution is 5.91. The maximum atomic E-state index is 13.6. The molecule has 10 heteroatoms. The minimum Gasteiger partial charge on any atom is -0.459 e. The molecule has 4 heterocycles. The first-order valence-electron chi connectivity index (χ1n) is 10.3. The molecule has 1 fully saturated rings. The number of halogens is 3. The van der Waals surface area contributed by atoms with E-state index in [2.05, 4.69) is 10.1 Å². The number of aromatic nitrogens is 3. The molecule has 0 radical (unpaired) electrons. The van der Waals surface area contributed by atoms with Crippen molar-refractivity contribution >= 4 is 16.9 Å². The SMILES string of the molecule is CCC(C)n1[nH]c(=O)c2c(C3CCN(C(=O)c4ccco4)CC3)cc(C(F)(F)F)nc21. The smallest absolute Gasteiger partial charge is 0.433 e. The Balaban J connectivity index is 1.71. The zero-order chi connectivity index (χ0) is 22.3. The predicted molar refractivity (Wildman–Crippen MR) is 107 cm³/mol. The molecule has 1 saturated heterocycles. The topological polar surface area (TPSA) is 84.1 Å². The summed E-state index contributed by atoms with van der Waals surface area (Å²) in [5, 5.41) is 2.86. The number of amides is 1. The lowest BCUT2D eigenvalue weighted by atomic mass is 9.87. The third kappa shape index (κ3) is 3.86. The van der Waals surface area contributed by atoms with Crippen LogP contribution in [0.4, 0.5) is 13.2 Å². The van der Waals surface area contributed by atoms with E-state index in [0.717, 1.165) is 6.07 Å². The lowest BCUT2D eigenvalue weighted by Gasteiger charge is -2.32. The molecule has 0 aliphatic carbocycles. The van der Waals surface area contributed by atoms with Crippen LogP contribution in [0.1, 0.15) is 66.9 Å². The van der Waals surface area contributed by atoms with Gasteiger partial charge in [0.25, 0.3) is 11.5 Å². The molecule has 0 aromatic carbocycles. The summed E-state index contributed by atoms with van der Waals surface area (Å²) >= 11 is 0. The van der Waals surface area contributed by atoms with Crippen molar-refractivity contribution in [1.29, 1.82) is 0 Å². The van der Waals surface area contributed by atoms with Gasteiger partial charge in [0.1, 0.15) is 5.69 Å². The first kappa shape index (κ1) is 21.2. The quantitative estimate of drug-likeness (QED) is 0.660. The van der Waals surface area contributed by atoms with Crippen molar-refractivity contribution in [2.45, 2.75) is 51.2 Å². The molecule has 7 nitrogen and oxygen atoms in total. The van der Waals surface area contributed by atoms with Crippen molar-refractivity contribution < 1.29 is 22.4 Å². The van der Waals surface area contributed by atoms with Crippen LogP contribution in [-0.4, -0.2) is 38.7 Å². The number of hydrogen-bond acceptors (Lipinski definition) is 4. The molecule has 1 atom stereocenters. The number of likely N-dealkylation sites (tertiary alicyclic amines) is 1. The minimum atomic E-state index is -4.63. The number of nitrogens with one attached hydrogen (secondary N) is 1. The molecule has 1 amide bonds. The Hall–Kier alpha value is -3.04. The number of H-pyrrole nitrogens is 1. The molecule has 3 aromatic heterocycles. The molecular formula is C21H23F3N4O3. The van der Waals surface area contributed by atoms with E-state index in [9.17, 15) is 22.8 Å². The lowest BCUT2D eigenvalue weighted by Crippen LogP contribution is -2.38. The fourth-order valence-electron chi connectivity index (χ4n) is 4.09. The van der Waals surface area contributed by atoms with Gasteiger partial charge in [-0.1, -0.05) is 6.92 Å². The second-order valence-corrected chi connectivity index (χ2v) is 7.91. The first-order valence-corrected chi connectivity index (χ1v) is 10.3. The van der Waals surface area contributed by atoms with Crippen LogP contribution < -0.4 is 5.56 Å². The molecule has 3 aromatic rings. The molecule has 1 aliphatic heterocycles. The van der Waals surface area contributed by atoms with Gasteiger partial charge >= 0.3 is 6.18 Å². The van der Waals surface area contributed by atoms with Crippen LogP contribution in [0.15, 0.2) is 33.7 Å². The van der Waals surface area contributed by atoms with Gasteiger partial charge in [-0.05, 0) is 55.9 Å². The Labute approximate surface area is 175 Å². The van der Waals surface area contributed by atoms with Crippen LogP contribution in [0.2, 0.25) is 0 Å². The maximum Gasteiger partial charge on any atom is 0.433 e. The zero-order valence-corrected chi connectivity index (χ0v) is 17.2. The van der Waals surface area contributed by atoms with Gasteiger partial charge in [0.05, 0.1) is 11.6 Å². The fourth-order valence-corrected chi connectivity index (χ4v) is 4.09. The molecule has 0 spiro atoms. The van der Waals surface area contributed by atoms with Crippen molar-refractivity contribution in [3.8, 4) is 0 Å². The summed E-state index contributed by atoms with van der Waals surface area (Å²) in [6.07, 6.45) is -1.71. The van der Waals surface area contributed by atoms with Gasteiger partial charge in [0, 0.05) is 19.1 Å². The standard InChI is InChI=1S/C21H23F3N4O3/c1-3-12(2)28-18-17(19(29)26-28)14(11-16(25-18)21(22,23)24)13-6-8-27(9-7-13)20(30)15-5-4-10-31-15/h4-5,10-13H,3,6-9H2,1-2H3,(H,26,29). The van der Waals surface area contributed by atoms with Crippen molar-refractivity contribution in [2.75, 3.05) is 13.1 Å². The Morgan fingerprint density at radius 2 is 2.06 bits per heavy atom. The number of pyridine rings is 1. The molecule has 166 valence electrons. The number of fused-ring (bicyclic) bond motifs is 1. The van der Waals surface area contributed by atoms with E-state index in [1.54, 1.807) is 17.0 Å². The average molecular weight is 436 g/mol. The van der Waals surface area contributed by atoms with E-state index >= 15 is 0 Å². The normalized spacial score (nSPS) is 16.7. The minimum absolute atomic E-state index is 0.0262. The van der Waals surface area contributed by atoms with E-state index in [4.69, 9.17) is 4.42 Å². The largest absolute Gasteiger partial charge is 0.459 e.